The fourth-order valence-corrected chi connectivity index (χ4v) is 1.51. The van der Waals surface area contributed by atoms with Crippen molar-refractivity contribution in [3.8, 4) is 11.4 Å². The van der Waals surface area contributed by atoms with Crippen molar-refractivity contribution in [3.05, 3.63) is 30.9 Å². The maximum absolute atomic E-state index is 4.49. The summed E-state index contributed by atoms with van der Waals surface area (Å²) in [6.07, 6.45) is 5.26. The Morgan fingerprint density at radius 3 is 2.62 bits per heavy atom. The second-order valence-electron chi connectivity index (χ2n) is 5.05. The molecule has 0 aliphatic heterocycles. The lowest BCUT2D eigenvalue weighted by atomic mass is 9.97. The van der Waals surface area contributed by atoms with Crippen molar-refractivity contribution < 1.29 is 0 Å². The monoisotopic (exact) mass is 216 g/mol. The zero-order valence-corrected chi connectivity index (χ0v) is 9.88. The fourth-order valence-electron chi connectivity index (χ4n) is 1.51. The molecule has 0 saturated heterocycles. The fraction of sp³-hybridized carbons (Fsp3) is 0.417. The lowest BCUT2D eigenvalue weighted by Crippen LogP contribution is -2.15. The van der Waals surface area contributed by atoms with Gasteiger partial charge in [0.15, 0.2) is 0 Å². The van der Waals surface area contributed by atoms with Crippen molar-refractivity contribution >= 4 is 0 Å². The van der Waals surface area contributed by atoms with E-state index in [4.69, 9.17) is 0 Å². The van der Waals surface area contributed by atoms with Crippen LogP contribution in [0.25, 0.3) is 11.4 Å². The minimum Gasteiger partial charge on any atom is -0.272 e. The van der Waals surface area contributed by atoms with Crippen molar-refractivity contribution in [2.45, 2.75) is 27.3 Å². The highest BCUT2D eigenvalue weighted by Crippen LogP contribution is 2.18. The van der Waals surface area contributed by atoms with Crippen molar-refractivity contribution in [1.82, 2.24) is 19.7 Å². The molecule has 0 unspecified atom stereocenters. The lowest BCUT2D eigenvalue weighted by Gasteiger charge is -2.17. The molecule has 0 amide bonds. The molecule has 2 aromatic rings. The van der Waals surface area contributed by atoms with Crippen LogP contribution in [0.4, 0.5) is 0 Å². The van der Waals surface area contributed by atoms with E-state index >= 15 is 0 Å². The van der Waals surface area contributed by atoms with Gasteiger partial charge in [-0.1, -0.05) is 20.8 Å². The predicted octanol–water partition coefficient (Wildman–Crippen LogP) is 2.39. The molecule has 0 spiro atoms. The van der Waals surface area contributed by atoms with E-state index in [1.165, 1.54) is 6.33 Å². The van der Waals surface area contributed by atoms with E-state index in [1.807, 2.05) is 23.0 Å². The van der Waals surface area contributed by atoms with Gasteiger partial charge in [-0.25, -0.2) is 9.97 Å². The summed E-state index contributed by atoms with van der Waals surface area (Å²) in [5, 5.41) is 4.49. The van der Waals surface area contributed by atoms with E-state index in [1.54, 1.807) is 6.20 Å². The zero-order valence-electron chi connectivity index (χ0n) is 9.88. The van der Waals surface area contributed by atoms with Crippen LogP contribution in [0.5, 0.6) is 0 Å². The van der Waals surface area contributed by atoms with Gasteiger partial charge in [-0.2, -0.15) is 5.10 Å². The van der Waals surface area contributed by atoms with Gasteiger partial charge in [0.05, 0.1) is 5.69 Å². The van der Waals surface area contributed by atoms with Crippen LogP contribution in [0.2, 0.25) is 0 Å². The first-order valence-electron chi connectivity index (χ1n) is 5.34. The van der Waals surface area contributed by atoms with Crippen LogP contribution in [0.3, 0.4) is 0 Å². The van der Waals surface area contributed by atoms with Gasteiger partial charge in [-0.15, -0.1) is 0 Å². The molecule has 4 nitrogen and oxygen atoms in total. The van der Waals surface area contributed by atoms with Crippen LogP contribution in [-0.2, 0) is 6.54 Å². The maximum Gasteiger partial charge on any atom is 0.116 e. The molecule has 2 aromatic heterocycles. The normalized spacial score (nSPS) is 11.7. The molecule has 0 aromatic carbocycles. The quantitative estimate of drug-likeness (QED) is 0.774. The van der Waals surface area contributed by atoms with E-state index in [0.29, 0.717) is 0 Å². The van der Waals surface area contributed by atoms with Crippen LogP contribution in [0, 0.1) is 5.41 Å². The van der Waals surface area contributed by atoms with Gasteiger partial charge < -0.3 is 0 Å². The third-order valence-electron chi connectivity index (χ3n) is 2.12. The Labute approximate surface area is 95.4 Å². The van der Waals surface area contributed by atoms with E-state index in [-0.39, 0.29) is 5.41 Å². The molecule has 0 atom stereocenters. The molecule has 0 saturated carbocycles. The highest BCUT2D eigenvalue weighted by atomic mass is 15.3. The number of hydrogen-bond acceptors (Lipinski definition) is 3. The second kappa shape index (κ2) is 4.04. The number of rotatable bonds is 2. The van der Waals surface area contributed by atoms with Crippen molar-refractivity contribution in [2.75, 3.05) is 0 Å². The summed E-state index contributed by atoms with van der Waals surface area (Å²) in [6.45, 7) is 7.48. The molecule has 84 valence electrons. The largest absolute Gasteiger partial charge is 0.272 e. The summed E-state index contributed by atoms with van der Waals surface area (Å²) in [5.41, 5.74) is 1.99. The second-order valence-corrected chi connectivity index (χ2v) is 5.05. The summed E-state index contributed by atoms with van der Waals surface area (Å²) < 4.78 is 1.96. The summed E-state index contributed by atoms with van der Waals surface area (Å²) in [7, 11) is 0. The van der Waals surface area contributed by atoms with E-state index in [0.717, 1.165) is 17.9 Å². The SMILES string of the molecule is CC(C)(C)Cn1ccc(-c2ccncn2)n1. The smallest absolute Gasteiger partial charge is 0.116 e. The van der Waals surface area contributed by atoms with Crippen molar-refractivity contribution in [3.63, 3.8) is 0 Å². The molecule has 0 fully saturated rings. The highest BCUT2D eigenvalue weighted by Gasteiger charge is 2.12. The Morgan fingerprint density at radius 2 is 2.00 bits per heavy atom. The third kappa shape index (κ3) is 2.66. The van der Waals surface area contributed by atoms with Crippen molar-refractivity contribution in [2.24, 2.45) is 5.41 Å². The Hall–Kier alpha value is -1.71. The number of aromatic nitrogens is 4. The van der Waals surface area contributed by atoms with E-state index in [9.17, 15) is 0 Å². The minimum absolute atomic E-state index is 0.231. The van der Waals surface area contributed by atoms with Crippen LogP contribution >= 0.6 is 0 Å². The maximum atomic E-state index is 4.49. The van der Waals surface area contributed by atoms with Gasteiger partial charge in [0.2, 0.25) is 0 Å². The lowest BCUT2D eigenvalue weighted by molar-refractivity contribution is 0.326. The molecule has 0 N–H and O–H groups in total. The average Bonchev–Trinajstić information content (AvgIpc) is 2.65. The third-order valence-corrected chi connectivity index (χ3v) is 2.12. The van der Waals surface area contributed by atoms with Crippen LogP contribution < -0.4 is 0 Å². The molecular weight excluding hydrogens is 200 g/mol. The Bertz CT molecular complexity index is 453. The van der Waals surface area contributed by atoms with Crippen molar-refractivity contribution in [1.29, 1.82) is 0 Å². The first kappa shape index (κ1) is 10.8. The van der Waals surface area contributed by atoms with Gasteiger partial charge in [0.1, 0.15) is 12.0 Å². The standard InChI is InChI=1S/C12H16N4/c1-12(2,3)8-16-7-5-11(15-16)10-4-6-13-9-14-10/h4-7,9H,8H2,1-3H3. The summed E-state index contributed by atoms with van der Waals surface area (Å²) in [5.74, 6) is 0. The van der Waals surface area contributed by atoms with Crippen LogP contribution in [0.1, 0.15) is 20.8 Å². The molecule has 0 aliphatic rings. The molecule has 2 heterocycles. The van der Waals surface area contributed by atoms with Gasteiger partial charge in [-0.05, 0) is 17.5 Å². The van der Waals surface area contributed by atoms with Gasteiger partial charge in [0.25, 0.3) is 0 Å². The molecular formula is C12H16N4. The van der Waals surface area contributed by atoms with E-state index < -0.39 is 0 Å². The van der Waals surface area contributed by atoms with Gasteiger partial charge >= 0.3 is 0 Å². The Morgan fingerprint density at radius 1 is 1.19 bits per heavy atom. The first-order valence-corrected chi connectivity index (χ1v) is 5.34. The highest BCUT2D eigenvalue weighted by molar-refractivity contribution is 5.51. The minimum atomic E-state index is 0.231. The van der Waals surface area contributed by atoms with Crippen LogP contribution in [-0.4, -0.2) is 19.7 Å². The average molecular weight is 216 g/mol. The van der Waals surface area contributed by atoms with Crippen LogP contribution in [0.15, 0.2) is 30.9 Å². The number of hydrogen-bond donors (Lipinski definition) is 0. The molecule has 0 bridgehead atoms. The summed E-state index contributed by atoms with van der Waals surface area (Å²) in [6, 6.07) is 3.85. The first-order chi connectivity index (χ1) is 7.54. The van der Waals surface area contributed by atoms with E-state index in [2.05, 4.69) is 35.8 Å². The molecule has 4 heteroatoms. The zero-order chi connectivity index (χ0) is 11.6. The molecule has 0 aliphatic carbocycles. The molecule has 0 radical (unpaired) electrons. The van der Waals surface area contributed by atoms with Gasteiger partial charge in [0, 0.05) is 18.9 Å². The molecule has 16 heavy (non-hydrogen) atoms. The topological polar surface area (TPSA) is 43.6 Å². The summed E-state index contributed by atoms with van der Waals surface area (Å²) >= 11 is 0. The number of nitrogens with zero attached hydrogens (tertiary/aromatic N) is 4. The predicted molar refractivity (Wildman–Crippen MR) is 62.7 cm³/mol. The summed E-state index contributed by atoms with van der Waals surface area (Å²) in [4.78, 5) is 8.06. The Kier molecular flexibility index (Phi) is 2.73. The van der Waals surface area contributed by atoms with Gasteiger partial charge in [-0.3, -0.25) is 4.68 Å². The molecule has 2 rings (SSSR count). The Balaban J connectivity index is 2.21.